The van der Waals surface area contributed by atoms with Crippen molar-refractivity contribution in [2.75, 3.05) is 19.0 Å². The fourth-order valence-corrected chi connectivity index (χ4v) is 1.90. The Hall–Kier alpha value is -0.280. The standard InChI is InChI=1S/C9H16ClNO2/c1-2-7-6-11(9(13)5-10)4-3-8(7)12/h7-8,12H,2-6H2,1H3/t7-,8+/m1/s1. The number of halogens is 1. The Morgan fingerprint density at radius 1 is 1.69 bits per heavy atom. The number of alkyl halides is 1. The summed E-state index contributed by atoms with van der Waals surface area (Å²) in [6.45, 7) is 3.33. The molecule has 1 rings (SSSR count). The molecule has 1 N–H and O–H groups in total. The molecule has 0 saturated carbocycles. The van der Waals surface area contributed by atoms with Crippen LogP contribution in [0.25, 0.3) is 0 Å². The fraction of sp³-hybridized carbons (Fsp3) is 0.889. The summed E-state index contributed by atoms with van der Waals surface area (Å²) in [5.41, 5.74) is 0. The average molecular weight is 206 g/mol. The minimum atomic E-state index is -0.246. The zero-order chi connectivity index (χ0) is 9.84. The molecule has 2 atom stereocenters. The second-order valence-corrected chi connectivity index (χ2v) is 3.76. The van der Waals surface area contributed by atoms with Crippen molar-refractivity contribution in [1.82, 2.24) is 4.90 Å². The van der Waals surface area contributed by atoms with E-state index >= 15 is 0 Å². The number of aliphatic hydroxyl groups excluding tert-OH is 1. The highest BCUT2D eigenvalue weighted by atomic mass is 35.5. The Kier molecular flexibility index (Phi) is 4.00. The summed E-state index contributed by atoms with van der Waals surface area (Å²) in [6, 6.07) is 0. The molecular formula is C9H16ClNO2. The van der Waals surface area contributed by atoms with E-state index in [2.05, 4.69) is 0 Å². The Labute approximate surface area is 83.7 Å². The third-order valence-electron chi connectivity index (χ3n) is 2.69. The van der Waals surface area contributed by atoms with Gasteiger partial charge in [-0.05, 0) is 12.8 Å². The van der Waals surface area contributed by atoms with Gasteiger partial charge >= 0.3 is 0 Å². The van der Waals surface area contributed by atoms with E-state index in [1.165, 1.54) is 0 Å². The molecule has 0 bridgehead atoms. The summed E-state index contributed by atoms with van der Waals surface area (Å²) in [5.74, 6) is 0.250. The van der Waals surface area contributed by atoms with Crippen LogP contribution < -0.4 is 0 Å². The van der Waals surface area contributed by atoms with Crippen molar-refractivity contribution in [2.24, 2.45) is 5.92 Å². The molecule has 0 spiro atoms. The van der Waals surface area contributed by atoms with Gasteiger partial charge in [-0.1, -0.05) is 6.92 Å². The predicted octanol–water partition coefficient (Wildman–Crippen LogP) is 0.845. The lowest BCUT2D eigenvalue weighted by atomic mass is 9.92. The van der Waals surface area contributed by atoms with Crippen LogP contribution in [0.5, 0.6) is 0 Å². The van der Waals surface area contributed by atoms with E-state index in [0.717, 1.165) is 6.42 Å². The number of hydrogen-bond donors (Lipinski definition) is 1. The monoisotopic (exact) mass is 205 g/mol. The van der Waals surface area contributed by atoms with Gasteiger partial charge in [-0.3, -0.25) is 4.79 Å². The number of piperidine rings is 1. The average Bonchev–Trinajstić information content (AvgIpc) is 2.17. The fourth-order valence-electron chi connectivity index (χ4n) is 1.73. The number of likely N-dealkylation sites (tertiary alicyclic amines) is 1. The van der Waals surface area contributed by atoms with Crippen LogP contribution in [0, 0.1) is 5.92 Å². The first-order chi connectivity index (χ1) is 6.19. The molecule has 1 saturated heterocycles. The molecule has 1 heterocycles. The minimum absolute atomic E-state index is 0.0213. The van der Waals surface area contributed by atoms with Crippen LogP contribution in [0.15, 0.2) is 0 Å². The van der Waals surface area contributed by atoms with Gasteiger partial charge in [-0.15, -0.1) is 11.6 Å². The first kappa shape index (κ1) is 10.8. The molecule has 0 unspecified atom stereocenters. The third-order valence-corrected chi connectivity index (χ3v) is 2.91. The van der Waals surface area contributed by atoms with E-state index in [9.17, 15) is 9.90 Å². The first-order valence-electron chi connectivity index (χ1n) is 4.70. The van der Waals surface area contributed by atoms with E-state index < -0.39 is 0 Å². The van der Waals surface area contributed by atoms with Gasteiger partial charge < -0.3 is 10.0 Å². The second kappa shape index (κ2) is 4.82. The molecule has 76 valence electrons. The Balaban J connectivity index is 2.49. The number of amides is 1. The molecule has 3 nitrogen and oxygen atoms in total. The zero-order valence-corrected chi connectivity index (χ0v) is 8.63. The molecule has 1 amide bonds. The second-order valence-electron chi connectivity index (χ2n) is 3.50. The third kappa shape index (κ3) is 2.58. The van der Waals surface area contributed by atoms with Crippen molar-refractivity contribution in [3.05, 3.63) is 0 Å². The van der Waals surface area contributed by atoms with E-state index in [-0.39, 0.29) is 23.8 Å². The number of carbonyl (C=O) groups excluding carboxylic acids is 1. The number of nitrogens with zero attached hydrogens (tertiary/aromatic N) is 1. The van der Waals surface area contributed by atoms with Crippen molar-refractivity contribution < 1.29 is 9.90 Å². The first-order valence-corrected chi connectivity index (χ1v) is 5.24. The number of aliphatic hydroxyl groups is 1. The highest BCUT2D eigenvalue weighted by Gasteiger charge is 2.28. The van der Waals surface area contributed by atoms with Crippen LogP contribution in [0.2, 0.25) is 0 Å². The molecule has 0 aromatic carbocycles. The molecule has 0 aliphatic carbocycles. The van der Waals surface area contributed by atoms with Gasteiger partial charge in [-0.25, -0.2) is 0 Å². The molecule has 1 aliphatic heterocycles. The van der Waals surface area contributed by atoms with Gasteiger partial charge in [0.1, 0.15) is 5.88 Å². The topological polar surface area (TPSA) is 40.5 Å². The van der Waals surface area contributed by atoms with E-state index in [1.54, 1.807) is 4.90 Å². The van der Waals surface area contributed by atoms with Crippen molar-refractivity contribution >= 4 is 17.5 Å². The maximum absolute atomic E-state index is 11.2. The van der Waals surface area contributed by atoms with Crippen LogP contribution in [-0.4, -0.2) is 41.0 Å². The van der Waals surface area contributed by atoms with Crippen molar-refractivity contribution in [2.45, 2.75) is 25.9 Å². The molecule has 0 aromatic heterocycles. The predicted molar refractivity (Wildman–Crippen MR) is 51.7 cm³/mol. The lowest BCUT2D eigenvalue weighted by Crippen LogP contribution is -2.46. The van der Waals surface area contributed by atoms with Gasteiger partial charge in [0, 0.05) is 19.0 Å². The molecule has 1 fully saturated rings. The summed E-state index contributed by atoms with van der Waals surface area (Å²) in [7, 11) is 0. The lowest BCUT2D eigenvalue weighted by molar-refractivity contribution is -0.132. The molecular weight excluding hydrogens is 190 g/mol. The molecule has 4 heteroatoms. The van der Waals surface area contributed by atoms with Crippen LogP contribution in [0.4, 0.5) is 0 Å². The van der Waals surface area contributed by atoms with E-state index in [0.29, 0.717) is 19.5 Å². The van der Waals surface area contributed by atoms with Crippen LogP contribution in [0.1, 0.15) is 19.8 Å². The van der Waals surface area contributed by atoms with Gasteiger partial charge in [0.25, 0.3) is 0 Å². The Bertz CT molecular complexity index is 186. The number of rotatable bonds is 2. The van der Waals surface area contributed by atoms with Crippen LogP contribution >= 0.6 is 11.6 Å². The maximum atomic E-state index is 11.2. The normalized spacial score (nSPS) is 29.0. The SMILES string of the molecule is CC[C@@H]1CN(C(=O)CCl)CC[C@@H]1O. The van der Waals surface area contributed by atoms with Crippen LogP contribution in [0.3, 0.4) is 0 Å². The van der Waals surface area contributed by atoms with Crippen molar-refractivity contribution in [3.8, 4) is 0 Å². The summed E-state index contributed by atoms with van der Waals surface area (Å²) in [4.78, 5) is 13.0. The minimum Gasteiger partial charge on any atom is -0.393 e. The maximum Gasteiger partial charge on any atom is 0.237 e. The van der Waals surface area contributed by atoms with Gasteiger partial charge in [0.2, 0.25) is 5.91 Å². The van der Waals surface area contributed by atoms with Crippen molar-refractivity contribution in [1.29, 1.82) is 0 Å². The van der Waals surface area contributed by atoms with Gasteiger partial charge in [0.15, 0.2) is 0 Å². The van der Waals surface area contributed by atoms with E-state index in [4.69, 9.17) is 11.6 Å². The molecule has 0 radical (unpaired) electrons. The summed E-state index contributed by atoms with van der Waals surface area (Å²) >= 11 is 5.46. The smallest absolute Gasteiger partial charge is 0.237 e. The molecule has 1 aliphatic rings. The van der Waals surface area contributed by atoms with Gasteiger partial charge in [0.05, 0.1) is 6.10 Å². The summed E-state index contributed by atoms with van der Waals surface area (Å²) < 4.78 is 0. The number of hydrogen-bond acceptors (Lipinski definition) is 2. The highest BCUT2D eigenvalue weighted by molar-refractivity contribution is 6.27. The summed E-state index contributed by atoms with van der Waals surface area (Å²) in [6.07, 6.45) is 1.35. The Morgan fingerprint density at radius 2 is 2.38 bits per heavy atom. The van der Waals surface area contributed by atoms with Gasteiger partial charge in [-0.2, -0.15) is 0 Å². The molecule has 0 aromatic rings. The van der Waals surface area contributed by atoms with Crippen LogP contribution in [-0.2, 0) is 4.79 Å². The number of carbonyl (C=O) groups is 1. The van der Waals surface area contributed by atoms with Crippen molar-refractivity contribution in [3.63, 3.8) is 0 Å². The Morgan fingerprint density at radius 3 is 2.92 bits per heavy atom. The lowest BCUT2D eigenvalue weighted by Gasteiger charge is -2.35. The molecule has 13 heavy (non-hydrogen) atoms. The zero-order valence-electron chi connectivity index (χ0n) is 7.87. The largest absolute Gasteiger partial charge is 0.393 e. The quantitative estimate of drug-likeness (QED) is 0.679. The summed E-state index contributed by atoms with van der Waals surface area (Å²) in [5, 5.41) is 9.57. The van der Waals surface area contributed by atoms with E-state index in [1.807, 2.05) is 6.92 Å². The highest BCUT2D eigenvalue weighted by Crippen LogP contribution is 2.20.